The Morgan fingerprint density at radius 1 is 1.05 bits per heavy atom. The van der Waals surface area contributed by atoms with Crippen molar-refractivity contribution in [2.45, 2.75) is 39.8 Å². The zero-order chi connectivity index (χ0) is 27.9. The molecule has 2 aromatic carbocycles. The second-order valence-corrected chi connectivity index (χ2v) is 12.1. The number of carbonyl (C=O) groups is 2. The fraction of sp³-hybridized carbons (Fsp3) is 0.440. The molecule has 0 aliphatic heterocycles. The third-order valence-corrected chi connectivity index (χ3v) is 7.55. The minimum atomic E-state index is -3.90. The van der Waals surface area contributed by atoms with Crippen molar-refractivity contribution in [3.63, 3.8) is 0 Å². The smallest absolute Gasteiger partial charge is 0.244 e. The van der Waals surface area contributed by atoms with Gasteiger partial charge in [-0.2, -0.15) is 0 Å². The Labute approximate surface area is 233 Å². The number of carbonyl (C=O) groups excluding carboxylic acids is 2. The van der Waals surface area contributed by atoms with E-state index >= 15 is 0 Å². The lowest BCUT2D eigenvalue weighted by Crippen LogP contribution is -2.52. The van der Waals surface area contributed by atoms with E-state index in [9.17, 15) is 18.0 Å². The molecule has 2 aromatic rings. The number of hydrogen-bond acceptors (Lipinski definition) is 5. The topological polar surface area (TPSA) is 96.0 Å². The summed E-state index contributed by atoms with van der Waals surface area (Å²) in [4.78, 5) is 28.2. The number of sulfonamides is 1. The highest BCUT2D eigenvalue weighted by Gasteiger charge is 2.32. The zero-order valence-electron chi connectivity index (χ0n) is 21.4. The Morgan fingerprint density at radius 2 is 1.73 bits per heavy atom. The first kappa shape index (κ1) is 31.0. The van der Waals surface area contributed by atoms with E-state index in [1.54, 1.807) is 25.1 Å². The lowest BCUT2D eigenvalue weighted by molar-refractivity contribution is -0.140. The molecule has 0 spiro atoms. The molecule has 2 amide bonds. The van der Waals surface area contributed by atoms with Crippen LogP contribution in [0.4, 0.5) is 5.69 Å². The highest BCUT2D eigenvalue weighted by atomic mass is 35.5. The quantitative estimate of drug-likeness (QED) is 0.374. The van der Waals surface area contributed by atoms with Crippen molar-refractivity contribution in [3.8, 4) is 5.75 Å². The second-order valence-electron chi connectivity index (χ2n) is 8.91. The van der Waals surface area contributed by atoms with E-state index < -0.39 is 28.5 Å². The van der Waals surface area contributed by atoms with Crippen LogP contribution in [0.2, 0.25) is 15.1 Å². The number of nitrogens with zero attached hydrogens (tertiary/aromatic N) is 2. The van der Waals surface area contributed by atoms with E-state index in [2.05, 4.69) is 5.32 Å². The van der Waals surface area contributed by atoms with Crippen molar-refractivity contribution in [2.24, 2.45) is 5.92 Å². The molecule has 1 N–H and O–H groups in total. The normalized spacial score (nSPS) is 12.2. The standard InChI is InChI=1S/C25H32Cl3N3O5S/c1-6-22(25(33)29-13-16(2)3)30(14-17-7-8-18(26)11-20(17)27)24(32)15-31(37(5,34)35)19-9-10-23(36-4)21(28)12-19/h7-12,16,22H,6,13-15H2,1-5H3,(H,29,33)/t22-/m0/s1. The van der Waals surface area contributed by atoms with Crippen LogP contribution in [0.5, 0.6) is 5.75 Å². The molecule has 0 aromatic heterocycles. The first-order valence-electron chi connectivity index (χ1n) is 11.6. The summed E-state index contributed by atoms with van der Waals surface area (Å²) in [5, 5.41) is 3.80. The van der Waals surface area contributed by atoms with Gasteiger partial charge in [-0.1, -0.05) is 61.6 Å². The molecule has 8 nitrogen and oxygen atoms in total. The van der Waals surface area contributed by atoms with Crippen molar-refractivity contribution in [1.82, 2.24) is 10.2 Å². The van der Waals surface area contributed by atoms with Gasteiger partial charge in [-0.25, -0.2) is 8.42 Å². The summed E-state index contributed by atoms with van der Waals surface area (Å²) in [6, 6.07) is 8.39. The van der Waals surface area contributed by atoms with Gasteiger partial charge in [-0.3, -0.25) is 13.9 Å². The Balaban J connectivity index is 2.48. The predicted molar refractivity (Wildman–Crippen MR) is 149 cm³/mol. The maximum Gasteiger partial charge on any atom is 0.244 e. The van der Waals surface area contributed by atoms with Crippen molar-refractivity contribution in [2.75, 3.05) is 30.8 Å². The number of nitrogens with one attached hydrogen (secondary N) is 1. The molecule has 1 atom stereocenters. The molecule has 0 saturated carbocycles. The fourth-order valence-electron chi connectivity index (χ4n) is 3.60. The lowest BCUT2D eigenvalue weighted by atomic mass is 10.1. The van der Waals surface area contributed by atoms with Crippen molar-refractivity contribution in [1.29, 1.82) is 0 Å². The molecule has 0 fully saturated rings. The molecular weight excluding hydrogens is 561 g/mol. The molecule has 12 heteroatoms. The van der Waals surface area contributed by atoms with Gasteiger partial charge < -0.3 is 15.0 Å². The summed E-state index contributed by atoms with van der Waals surface area (Å²) in [7, 11) is -2.46. The molecule has 0 radical (unpaired) electrons. The van der Waals surface area contributed by atoms with Gasteiger partial charge in [0.2, 0.25) is 21.8 Å². The third kappa shape index (κ3) is 8.67. The first-order valence-corrected chi connectivity index (χ1v) is 14.6. The van der Waals surface area contributed by atoms with Crippen LogP contribution >= 0.6 is 34.8 Å². The number of hydrogen-bond donors (Lipinski definition) is 1. The number of amides is 2. The summed E-state index contributed by atoms with van der Waals surface area (Å²) < 4.78 is 31.5. The molecule has 0 aliphatic rings. The Kier molecular flexibility index (Phi) is 11.4. The van der Waals surface area contributed by atoms with Gasteiger partial charge in [0.25, 0.3) is 0 Å². The van der Waals surface area contributed by atoms with Crippen molar-refractivity contribution in [3.05, 3.63) is 57.0 Å². The molecular formula is C25H32Cl3N3O5S. The molecule has 2 rings (SSSR count). The number of anilines is 1. The second kappa shape index (κ2) is 13.6. The monoisotopic (exact) mass is 591 g/mol. The van der Waals surface area contributed by atoms with Gasteiger partial charge in [0.05, 0.1) is 24.1 Å². The van der Waals surface area contributed by atoms with Crippen LogP contribution in [-0.2, 0) is 26.2 Å². The molecule has 37 heavy (non-hydrogen) atoms. The van der Waals surface area contributed by atoms with Crippen molar-refractivity contribution >= 4 is 62.3 Å². The average molecular weight is 593 g/mol. The predicted octanol–water partition coefficient (Wildman–Crippen LogP) is 5.00. The highest BCUT2D eigenvalue weighted by molar-refractivity contribution is 7.92. The summed E-state index contributed by atoms with van der Waals surface area (Å²) >= 11 is 18.6. The van der Waals surface area contributed by atoms with E-state index in [0.29, 0.717) is 34.3 Å². The summed E-state index contributed by atoms with van der Waals surface area (Å²) in [6.45, 7) is 5.55. The van der Waals surface area contributed by atoms with E-state index in [-0.39, 0.29) is 29.1 Å². The van der Waals surface area contributed by atoms with Gasteiger partial charge in [0.15, 0.2) is 0 Å². The van der Waals surface area contributed by atoms with Crippen LogP contribution in [0.25, 0.3) is 0 Å². The van der Waals surface area contributed by atoms with Gasteiger partial charge in [0, 0.05) is 23.1 Å². The third-order valence-electron chi connectivity index (χ3n) is 5.53. The minimum absolute atomic E-state index is 0.0244. The molecule has 0 heterocycles. The molecule has 0 unspecified atom stereocenters. The molecule has 0 aliphatic carbocycles. The fourth-order valence-corrected chi connectivity index (χ4v) is 5.16. The Hall–Kier alpha value is -2.20. The van der Waals surface area contributed by atoms with E-state index in [4.69, 9.17) is 39.5 Å². The van der Waals surface area contributed by atoms with Crippen LogP contribution in [0, 0.1) is 5.92 Å². The van der Waals surface area contributed by atoms with Gasteiger partial charge in [-0.05, 0) is 48.2 Å². The minimum Gasteiger partial charge on any atom is -0.495 e. The van der Waals surface area contributed by atoms with Crippen LogP contribution in [0.1, 0.15) is 32.8 Å². The van der Waals surface area contributed by atoms with E-state index in [1.807, 2.05) is 13.8 Å². The first-order chi connectivity index (χ1) is 17.3. The Morgan fingerprint density at radius 3 is 2.24 bits per heavy atom. The van der Waals surface area contributed by atoms with Crippen molar-refractivity contribution < 1.29 is 22.7 Å². The maximum atomic E-state index is 13.7. The highest BCUT2D eigenvalue weighted by Crippen LogP contribution is 2.30. The Bertz CT molecular complexity index is 1220. The van der Waals surface area contributed by atoms with E-state index in [0.717, 1.165) is 10.6 Å². The number of benzene rings is 2. The average Bonchev–Trinajstić information content (AvgIpc) is 2.81. The lowest BCUT2D eigenvalue weighted by Gasteiger charge is -2.33. The van der Waals surface area contributed by atoms with E-state index in [1.165, 1.54) is 30.2 Å². The van der Waals surface area contributed by atoms with Crippen LogP contribution in [-0.4, -0.2) is 57.6 Å². The number of ether oxygens (including phenoxy) is 1. The number of halogens is 3. The summed E-state index contributed by atoms with van der Waals surface area (Å²) in [5.41, 5.74) is 0.747. The largest absolute Gasteiger partial charge is 0.495 e. The van der Waals surface area contributed by atoms with Crippen LogP contribution in [0.15, 0.2) is 36.4 Å². The summed E-state index contributed by atoms with van der Waals surface area (Å²) in [5.74, 6) is -0.364. The number of methoxy groups -OCH3 is 1. The van der Waals surface area contributed by atoms with Crippen LogP contribution in [0.3, 0.4) is 0 Å². The van der Waals surface area contributed by atoms with Crippen LogP contribution < -0.4 is 14.4 Å². The molecule has 0 saturated heterocycles. The van der Waals surface area contributed by atoms with Gasteiger partial charge in [-0.15, -0.1) is 0 Å². The number of rotatable bonds is 12. The maximum absolute atomic E-state index is 13.7. The molecule has 204 valence electrons. The summed E-state index contributed by atoms with van der Waals surface area (Å²) in [6.07, 6.45) is 1.29. The SMILES string of the molecule is CC[C@@H](C(=O)NCC(C)C)N(Cc1ccc(Cl)cc1Cl)C(=O)CN(c1ccc(OC)c(Cl)c1)S(C)(=O)=O. The molecule has 0 bridgehead atoms. The van der Waals surface area contributed by atoms with Gasteiger partial charge in [0.1, 0.15) is 18.3 Å². The zero-order valence-corrected chi connectivity index (χ0v) is 24.5. The van der Waals surface area contributed by atoms with Gasteiger partial charge >= 0.3 is 0 Å².